The molecule has 0 radical (unpaired) electrons. The van der Waals surface area contributed by atoms with Crippen LogP contribution in [0.1, 0.15) is 32.9 Å². The van der Waals surface area contributed by atoms with E-state index >= 15 is 0 Å². The predicted octanol–water partition coefficient (Wildman–Crippen LogP) is 4.74. The molecule has 0 bridgehead atoms. The number of nitrogen functional groups attached to an aromatic ring is 1. The molecule has 4 N–H and O–H groups in total. The zero-order valence-corrected chi connectivity index (χ0v) is 18.9. The van der Waals surface area contributed by atoms with E-state index in [1.165, 1.54) is 23.2 Å². The van der Waals surface area contributed by atoms with Gasteiger partial charge in [0.05, 0.1) is 42.2 Å². The van der Waals surface area contributed by atoms with Crippen LogP contribution in [0.3, 0.4) is 0 Å². The smallest absolute Gasteiger partial charge is 0.382 e. The van der Waals surface area contributed by atoms with E-state index in [9.17, 15) is 18.0 Å². The van der Waals surface area contributed by atoms with E-state index in [0.29, 0.717) is 29.4 Å². The number of nitrogens with one attached hydrogen (secondary N) is 2. The van der Waals surface area contributed by atoms with E-state index in [1.807, 2.05) is 6.92 Å². The van der Waals surface area contributed by atoms with Crippen molar-refractivity contribution in [1.82, 2.24) is 19.5 Å². The predicted molar refractivity (Wildman–Crippen MR) is 126 cm³/mol. The zero-order valence-electron chi connectivity index (χ0n) is 18.9. The molecule has 11 heteroatoms. The number of rotatable bonds is 6. The quantitative estimate of drug-likeness (QED) is 0.367. The summed E-state index contributed by atoms with van der Waals surface area (Å²) < 4.78 is 42.0. The zero-order chi connectivity index (χ0) is 25.2. The van der Waals surface area contributed by atoms with E-state index in [0.717, 1.165) is 23.4 Å². The van der Waals surface area contributed by atoms with Crippen molar-refractivity contribution in [3.05, 3.63) is 89.4 Å². The average Bonchev–Trinajstić information content (AvgIpc) is 3.26. The van der Waals surface area contributed by atoms with Crippen LogP contribution in [-0.4, -0.2) is 25.4 Å². The van der Waals surface area contributed by atoms with Crippen molar-refractivity contribution < 1.29 is 18.0 Å². The van der Waals surface area contributed by atoms with Crippen molar-refractivity contribution in [2.45, 2.75) is 26.6 Å². The number of amides is 1. The summed E-state index contributed by atoms with van der Waals surface area (Å²) >= 11 is 0. The fourth-order valence-corrected chi connectivity index (χ4v) is 3.35. The summed E-state index contributed by atoms with van der Waals surface area (Å²) in [6.45, 7) is 3.97. The molecule has 180 valence electrons. The maximum absolute atomic E-state index is 13.5. The lowest BCUT2D eigenvalue weighted by atomic mass is 10.1. The van der Waals surface area contributed by atoms with Crippen LogP contribution in [0.25, 0.3) is 5.69 Å². The van der Waals surface area contributed by atoms with Crippen molar-refractivity contribution in [3.8, 4) is 5.69 Å². The first-order chi connectivity index (χ1) is 16.6. The molecule has 2 aromatic carbocycles. The van der Waals surface area contributed by atoms with Crippen LogP contribution in [0.5, 0.6) is 0 Å². The Hall–Kier alpha value is -4.41. The molecular weight excluding hydrogens is 459 g/mol. The van der Waals surface area contributed by atoms with Crippen molar-refractivity contribution in [2.24, 2.45) is 0 Å². The molecule has 4 rings (SSSR count). The highest BCUT2D eigenvalue weighted by Gasteiger charge is 2.32. The summed E-state index contributed by atoms with van der Waals surface area (Å²) in [5.74, 6) is -0.357. The maximum atomic E-state index is 13.5. The Labute approximate surface area is 199 Å². The second kappa shape index (κ2) is 9.45. The molecule has 4 aromatic rings. The molecule has 0 aliphatic rings. The van der Waals surface area contributed by atoms with E-state index < -0.39 is 17.6 Å². The van der Waals surface area contributed by atoms with Crippen LogP contribution in [0.2, 0.25) is 0 Å². The fraction of sp³-hybridized carbons (Fsp3) is 0.167. The van der Waals surface area contributed by atoms with Crippen molar-refractivity contribution in [2.75, 3.05) is 16.4 Å². The van der Waals surface area contributed by atoms with Crippen LogP contribution < -0.4 is 16.4 Å². The van der Waals surface area contributed by atoms with Crippen LogP contribution >= 0.6 is 0 Å². The van der Waals surface area contributed by atoms with Gasteiger partial charge in [-0.1, -0.05) is 6.07 Å². The summed E-state index contributed by atoms with van der Waals surface area (Å²) in [5, 5.41) is 5.89. The van der Waals surface area contributed by atoms with E-state index in [2.05, 4.69) is 25.6 Å². The number of aryl methyl sites for hydroxylation is 2. The monoisotopic (exact) mass is 481 g/mol. The number of alkyl halides is 3. The molecule has 0 fully saturated rings. The Morgan fingerprint density at radius 2 is 1.86 bits per heavy atom. The van der Waals surface area contributed by atoms with Gasteiger partial charge in [0.25, 0.3) is 5.91 Å². The van der Waals surface area contributed by atoms with Gasteiger partial charge in [0, 0.05) is 28.8 Å². The van der Waals surface area contributed by atoms with Gasteiger partial charge in [-0.2, -0.15) is 13.2 Å². The molecular formula is C24H22F3N7O. The molecule has 2 heterocycles. The third-order valence-electron chi connectivity index (χ3n) is 5.20. The molecule has 1 amide bonds. The number of carbonyl (C=O) groups excluding carboxylic acids is 1. The lowest BCUT2D eigenvalue weighted by Crippen LogP contribution is -2.15. The molecule has 0 aliphatic carbocycles. The molecule has 35 heavy (non-hydrogen) atoms. The SMILES string of the molecule is Cc1cn(-c2cc(C(=O)Nc3ccc(C)c(NCc4cnc(N)cn4)c3)cc(C(F)(F)F)c2)cn1. The number of aromatic nitrogens is 4. The molecule has 0 unspecified atom stereocenters. The molecule has 0 atom stereocenters. The van der Waals surface area contributed by atoms with Crippen molar-refractivity contribution in [3.63, 3.8) is 0 Å². The third kappa shape index (κ3) is 5.75. The van der Waals surface area contributed by atoms with Crippen LogP contribution in [-0.2, 0) is 12.7 Å². The van der Waals surface area contributed by atoms with E-state index in [-0.39, 0.29) is 11.3 Å². The van der Waals surface area contributed by atoms with Crippen LogP contribution in [0.4, 0.5) is 30.4 Å². The van der Waals surface area contributed by atoms with Crippen molar-refractivity contribution >= 4 is 23.1 Å². The molecule has 8 nitrogen and oxygen atoms in total. The standard InChI is InChI=1S/C24H22F3N7O/c1-14-3-4-18(8-21(14)30-9-19-10-31-22(28)11-29-19)33-23(35)16-5-17(24(25,26)27)7-20(6-16)34-12-15(2)32-13-34/h3-8,10-13,30H,9H2,1-2H3,(H2,28,31)(H,33,35). The van der Waals surface area contributed by atoms with Gasteiger partial charge >= 0.3 is 6.18 Å². The first-order valence-corrected chi connectivity index (χ1v) is 10.5. The number of anilines is 3. The number of hydrogen-bond acceptors (Lipinski definition) is 6. The lowest BCUT2D eigenvalue weighted by Gasteiger charge is -2.14. The van der Waals surface area contributed by atoms with E-state index in [4.69, 9.17) is 5.73 Å². The second-order valence-electron chi connectivity index (χ2n) is 7.96. The largest absolute Gasteiger partial charge is 0.416 e. The number of halogens is 3. The maximum Gasteiger partial charge on any atom is 0.416 e. The number of nitrogens with zero attached hydrogens (tertiary/aromatic N) is 4. The summed E-state index contributed by atoms with van der Waals surface area (Å²) in [4.78, 5) is 25.2. The summed E-state index contributed by atoms with van der Waals surface area (Å²) in [6, 6.07) is 8.36. The average molecular weight is 481 g/mol. The Bertz CT molecular complexity index is 1360. The summed E-state index contributed by atoms with van der Waals surface area (Å²) in [6.07, 6.45) is 1.37. The van der Waals surface area contributed by atoms with Gasteiger partial charge in [0.2, 0.25) is 0 Å². The molecule has 0 spiro atoms. The molecule has 2 aromatic heterocycles. The Balaban J connectivity index is 1.57. The molecule has 0 saturated carbocycles. The number of nitrogens with two attached hydrogens (primary N) is 1. The van der Waals surface area contributed by atoms with E-state index in [1.54, 1.807) is 37.5 Å². The minimum Gasteiger partial charge on any atom is -0.382 e. The highest BCUT2D eigenvalue weighted by Crippen LogP contribution is 2.32. The van der Waals surface area contributed by atoms with Crippen LogP contribution in [0.15, 0.2) is 61.3 Å². The number of benzene rings is 2. The fourth-order valence-electron chi connectivity index (χ4n) is 3.35. The number of imidazole rings is 1. The van der Waals surface area contributed by atoms with Gasteiger partial charge in [-0.05, 0) is 49.7 Å². The minimum absolute atomic E-state index is 0.131. The third-order valence-corrected chi connectivity index (χ3v) is 5.20. The minimum atomic E-state index is -4.62. The van der Waals surface area contributed by atoms with Gasteiger partial charge in [-0.15, -0.1) is 0 Å². The van der Waals surface area contributed by atoms with Crippen LogP contribution in [0, 0.1) is 13.8 Å². The Morgan fingerprint density at radius 1 is 1.06 bits per heavy atom. The van der Waals surface area contributed by atoms with Gasteiger partial charge in [-0.25, -0.2) is 9.97 Å². The lowest BCUT2D eigenvalue weighted by molar-refractivity contribution is -0.137. The van der Waals surface area contributed by atoms with Gasteiger partial charge in [0.15, 0.2) is 0 Å². The van der Waals surface area contributed by atoms with Gasteiger partial charge in [0.1, 0.15) is 5.82 Å². The normalized spacial score (nSPS) is 11.3. The van der Waals surface area contributed by atoms with Gasteiger partial charge in [-0.3, -0.25) is 9.78 Å². The highest BCUT2D eigenvalue weighted by atomic mass is 19.4. The second-order valence-corrected chi connectivity index (χ2v) is 7.96. The Kier molecular flexibility index (Phi) is 6.41. The first-order valence-electron chi connectivity index (χ1n) is 10.5. The molecule has 0 saturated heterocycles. The summed E-state index contributed by atoms with van der Waals surface area (Å²) in [7, 11) is 0. The molecule has 0 aliphatic heterocycles. The topological polar surface area (TPSA) is 111 Å². The van der Waals surface area contributed by atoms with Gasteiger partial charge < -0.3 is 20.9 Å². The number of hydrogen-bond donors (Lipinski definition) is 3. The Morgan fingerprint density at radius 3 is 2.51 bits per heavy atom. The first kappa shape index (κ1) is 23.7. The highest BCUT2D eigenvalue weighted by molar-refractivity contribution is 6.05. The summed E-state index contributed by atoms with van der Waals surface area (Å²) in [5.41, 5.74) is 8.02. The van der Waals surface area contributed by atoms with Crippen molar-refractivity contribution in [1.29, 1.82) is 0 Å². The number of carbonyl (C=O) groups is 1.